The van der Waals surface area contributed by atoms with E-state index in [0.29, 0.717) is 0 Å². The molecule has 1 aromatic heterocycles. The Morgan fingerprint density at radius 2 is 2.38 bits per heavy atom. The lowest BCUT2D eigenvalue weighted by Crippen LogP contribution is -2.26. The summed E-state index contributed by atoms with van der Waals surface area (Å²) in [5.74, 6) is 0.856. The SMILES string of the molecule is CNCC1CCN(CCCn2cccn2)C1. The molecular weight excluding hydrogens is 200 g/mol. The van der Waals surface area contributed by atoms with Gasteiger partial charge in [-0.15, -0.1) is 0 Å². The molecule has 1 fully saturated rings. The van der Waals surface area contributed by atoms with E-state index in [2.05, 4.69) is 15.3 Å². The number of hydrogen-bond acceptors (Lipinski definition) is 3. The Morgan fingerprint density at radius 1 is 1.44 bits per heavy atom. The predicted molar refractivity (Wildman–Crippen MR) is 65.3 cm³/mol. The Morgan fingerprint density at radius 3 is 3.12 bits per heavy atom. The Balaban J connectivity index is 1.60. The summed E-state index contributed by atoms with van der Waals surface area (Å²) in [6.45, 7) is 5.95. The van der Waals surface area contributed by atoms with Crippen molar-refractivity contribution in [1.29, 1.82) is 0 Å². The highest BCUT2D eigenvalue weighted by molar-refractivity contribution is 4.79. The minimum Gasteiger partial charge on any atom is -0.319 e. The second-order valence-corrected chi connectivity index (χ2v) is 4.64. The van der Waals surface area contributed by atoms with Crippen molar-refractivity contribution in [2.45, 2.75) is 19.4 Å². The Hall–Kier alpha value is -0.870. The van der Waals surface area contributed by atoms with E-state index < -0.39 is 0 Å². The number of nitrogens with zero attached hydrogens (tertiary/aromatic N) is 3. The van der Waals surface area contributed by atoms with Crippen LogP contribution in [0.15, 0.2) is 18.5 Å². The first-order chi connectivity index (χ1) is 7.88. The molecule has 16 heavy (non-hydrogen) atoms. The highest BCUT2D eigenvalue weighted by atomic mass is 15.3. The van der Waals surface area contributed by atoms with Gasteiger partial charge in [0.25, 0.3) is 0 Å². The van der Waals surface area contributed by atoms with Gasteiger partial charge in [-0.1, -0.05) is 0 Å². The van der Waals surface area contributed by atoms with E-state index in [0.717, 1.165) is 19.0 Å². The fourth-order valence-corrected chi connectivity index (χ4v) is 2.46. The minimum absolute atomic E-state index is 0.856. The maximum absolute atomic E-state index is 4.21. The zero-order valence-corrected chi connectivity index (χ0v) is 10.1. The molecule has 2 rings (SSSR count). The summed E-state index contributed by atoms with van der Waals surface area (Å²) in [4.78, 5) is 2.57. The molecule has 0 aromatic carbocycles. The third-order valence-electron chi connectivity index (χ3n) is 3.28. The molecule has 0 bridgehead atoms. The Labute approximate surface area is 97.6 Å². The molecule has 90 valence electrons. The van der Waals surface area contributed by atoms with Gasteiger partial charge in [0.1, 0.15) is 0 Å². The zero-order valence-electron chi connectivity index (χ0n) is 10.1. The quantitative estimate of drug-likeness (QED) is 0.773. The van der Waals surface area contributed by atoms with Crippen LogP contribution in [0, 0.1) is 5.92 Å². The maximum Gasteiger partial charge on any atom is 0.0489 e. The number of aryl methyl sites for hydroxylation is 1. The summed E-state index contributed by atoms with van der Waals surface area (Å²) in [6, 6.07) is 1.98. The maximum atomic E-state index is 4.21. The molecule has 1 unspecified atom stereocenters. The van der Waals surface area contributed by atoms with Gasteiger partial charge in [0, 0.05) is 25.5 Å². The van der Waals surface area contributed by atoms with E-state index in [1.165, 1.54) is 32.5 Å². The average molecular weight is 222 g/mol. The number of nitrogens with one attached hydrogen (secondary N) is 1. The van der Waals surface area contributed by atoms with Crippen molar-refractivity contribution in [2.75, 3.05) is 33.2 Å². The largest absolute Gasteiger partial charge is 0.319 e. The molecular formula is C12H22N4. The molecule has 1 aliphatic heterocycles. The molecule has 0 aliphatic carbocycles. The zero-order chi connectivity index (χ0) is 11.2. The number of aromatic nitrogens is 2. The summed E-state index contributed by atoms with van der Waals surface area (Å²) in [5, 5.41) is 7.48. The molecule has 1 saturated heterocycles. The second-order valence-electron chi connectivity index (χ2n) is 4.64. The lowest BCUT2D eigenvalue weighted by Gasteiger charge is -2.15. The third-order valence-corrected chi connectivity index (χ3v) is 3.28. The van der Waals surface area contributed by atoms with Crippen LogP contribution in [-0.2, 0) is 6.54 Å². The van der Waals surface area contributed by atoms with Gasteiger partial charge in [-0.05, 0) is 51.5 Å². The molecule has 1 N–H and O–H groups in total. The van der Waals surface area contributed by atoms with E-state index in [-0.39, 0.29) is 0 Å². The summed E-state index contributed by atoms with van der Waals surface area (Å²) < 4.78 is 2.02. The van der Waals surface area contributed by atoms with Crippen molar-refractivity contribution >= 4 is 0 Å². The molecule has 4 nitrogen and oxygen atoms in total. The first kappa shape index (κ1) is 11.6. The molecule has 1 aromatic rings. The van der Waals surface area contributed by atoms with Crippen LogP contribution in [0.4, 0.5) is 0 Å². The summed E-state index contributed by atoms with van der Waals surface area (Å²) in [5.41, 5.74) is 0. The van der Waals surface area contributed by atoms with E-state index in [1.54, 1.807) is 0 Å². The Bertz CT molecular complexity index is 283. The van der Waals surface area contributed by atoms with E-state index in [4.69, 9.17) is 0 Å². The van der Waals surface area contributed by atoms with Crippen molar-refractivity contribution in [3.8, 4) is 0 Å². The fourth-order valence-electron chi connectivity index (χ4n) is 2.46. The summed E-state index contributed by atoms with van der Waals surface area (Å²) >= 11 is 0. The van der Waals surface area contributed by atoms with Gasteiger partial charge in [0.15, 0.2) is 0 Å². The first-order valence-electron chi connectivity index (χ1n) is 6.23. The fraction of sp³-hybridized carbons (Fsp3) is 0.750. The van der Waals surface area contributed by atoms with Gasteiger partial charge in [0.2, 0.25) is 0 Å². The van der Waals surface area contributed by atoms with Crippen molar-refractivity contribution in [1.82, 2.24) is 20.0 Å². The Kier molecular flexibility index (Phi) is 4.36. The van der Waals surface area contributed by atoms with Crippen molar-refractivity contribution in [3.05, 3.63) is 18.5 Å². The number of likely N-dealkylation sites (tertiary alicyclic amines) is 1. The predicted octanol–water partition coefficient (Wildman–Crippen LogP) is 0.814. The van der Waals surface area contributed by atoms with Gasteiger partial charge in [-0.3, -0.25) is 4.68 Å². The molecule has 0 radical (unpaired) electrons. The van der Waals surface area contributed by atoms with Crippen LogP contribution in [0.2, 0.25) is 0 Å². The average Bonchev–Trinajstić information content (AvgIpc) is 2.90. The molecule has 0 spiro atoms. The normalized spacial score (nSPS) is 21.7. The molecule has 4 heteroatoms. The van der Waals surface area contributed by atoms with E-state index >= 15 is 0 Å². The van der Waals surface area contributed by atoms with Crippen molar-refractivity contribution in [2.24, 2.45) is 5.92 Å². The van der Waals surface area contributed by atoms with Gasteiger partial charge < -0.3 is 10.2 Å². The van der Waals surface area contributed by atoms with E-state index in [9.17, 15) is 0 Å². The third kappa shape index (κ3) is 3.32. The van der Waals surface area contributed by atoms with Crippen molar-refractivity contribution < 1.29 is 0 Å². The smallest absolute Gasteiger partial charge is 0.0489 e. The topological polar surface area (TPSA) is 33.1 Å². The van der Waals surface area contributed by atoms with Gasteiger partial charge in [-0.25, -0.2) is 0 Å². The summed E-state index contributed by atoms with van der Waals surface area (Å²) in [6.07, 6.45) is 6.43. The number of hydrogen-bond donors (Lipinski definition) is 1. The standard InChI is InChI=1S/C12H22N4/c1-13-10-12-4-9-15(11-12)6-3-8-16-7-2-5-14-16/h2,5,7,12-13H,3-4,6,8-11H2,1H3. The molecule has 2 heterocycles. The lowest BCUT2D eigenvalue weighted by atomic mass is 10.1. The highest BCUT2D eigenvalue weighted by Gasteiger charge is 2.20. The second kappa shape index (κ2) is 6.01. The van der Waals surface area contributed by atoms with Gasteiger partial charge >= 0.3 is 0 Å². The molecule has 0 amide bonds. The summed E-state index contributed by atoms with van der Waals surface area (Å²) in [7, 11) is 2.04. The van der Waals surface area contributed by atoms with Crippen LogP contribution in [0.1, 0.15) is 12.8 Å². The minimum atomic E-state index is 0.856. The highest BCUT2D eigenvalue weighted by Crippen LogP contribution is 2.15. The number of rotatable bonds is 6. The van der Waals surface area contributed by atoms with E-state index in [1.807, 2.05) is 30.2 Å². The van der Waals surface area contributed by atoms with Crippen LogP contribution in [0.25, 0.3) is 0 Å². The monoisotopic (exact) mass is 222 g/mol. The van der Waals surface area contributed by atoms with Gasteiger partial charge in [0.05, 0.1) is 0 Å². The van der Waals surface area contributed by atoms with Crippen LogP contribution in [0.3, 0.4) is 0 Å². The first-order valence-corrected chi connectivity index (χ1v) is 6.23. The van der Waals surface area contributed by atoms with Crippen LogP contribution in [-0.4, -0.2) is 47.9 Å². The van der Waals surface area contributed by atoms with Crippen LogP contribution in [0.5, 0.6) is 0 Å². The van der Waals surface area contributed by atoms with Crippen LogP contribution >= 0.6 is 0 Å². The lowest BCUT2D eigenvalue weighted by molar-refractivity contribution is 0.308. The van der Waals surface area contributed by atoms with Crippen LogP contribution < -0.4 is 5.32 Å². The van der Waals surface area contributed by atoms with Gasteiger partial charge in [-0.2, -0.15) is 5.10 Å². The molecule has 1 atom stereocenters. The molecule has 0 saturated carbocycles. The molecule has 1 aliphatic rings. The van der Waals surface area contributed by atoms with Crippen molar-refractivity contribution in [3.63, 3.8) is 0 Å².